The molecule has 0 bridgehead atoms. The van der Waals surface area contributed by atoms with Crippen molar-refractivity contribution < 1.29 is 9.30 Å². The molecule has 3 heterocycles. The van der Waals surface area contributed by atoms with Crippen molar-refractivity contribution in [3.05, 3.63) is 285 Å². The van der Waals surface area contributed by atoms with Gasteiger partial charge in [0.25, 0.3) is 6.33 Å². The van der Waals surface area contributed by atoms with Crippen LogP contribution in [0.1, 0.15) is 52.7 Å². The second kappa shape index (κ2) is 21.0. The molecule has 13 rings (SSSR count). The fourth-order valence-corrected chi connectivity index (χ4v) is 20.0. The predicted molar refractivity (Wildman–Crippen MR) is 352 cm³/mol. The summed E-state index contributed by atoms with van der Waals surface area (Å²) < 4.78 is 13.8. The lowest BCUT2D eigenvalue weighted by Gasteiger charge is -2.35. The normalized spacial score (nSPS) is 12.3. The molecule has 0 aliphatic heterocycles. The Labute approximate surface area is 490 Å². The average molecular weight is 1110 g/mol. The third-order valence-corrected chi connectivity index (χ3v) is 25.2. The molecule has 0 saturated carbocycles. The zero-order chi connectivity index (χ0) is 57.1. The Hall–Kier alpha value is -9.15. The Morgan fingerprint density at radius 3 is 1.65 bits per heavy atom. The minimum absolute atomic E-state index is 0.0330. The van der Waals surface area contributed by atoms with E-state index in [1.54, 1.807) is 0 Å². The summed E-state index contributed by atoms with van der Waals surface area (Å²) in [5.74, 6) is 2.35. The van der Waals surface area contributed by atoms with Gasteiger partial charge in [-0.1, -0.05) is 266 Å². The predicted octanol–water partition coefficient (Wildman–Crippen LogP) is 14.5. The summed E-state index contributed by atoms with van der Waals surface area (Å²) in [5, 5.41) is 10.4. The van der Waals surface area contributed by atoms with Crippen LogP contribution in [-0.2, 0) is 10.8 Å². The lowest BCUT2D eigenvalue weighted by Crippen LogP contribution is -2.74. The number of ether oxygens (including phenoxy) is 1. The third-order valence-electron chi connectivity index (χ3n) is 17.0. The largest absolute Gasteiger partial charge is 0.458 e. The molecule has 0 atom stereocenters. The minimum Gasteiger partial charge on any atom is -0.458 e. The van der Waals surface area contributed by atoms with Crippen LogP contribution in [0.2, 0.25) is 13.1 Å². The van der Waals surface area contributed by atoms with Gasteiger partial charge in [-0.25, -0.2) is 4.98 Å². The van der Waals surface area contributed by atoms with Crippen molar-refractivity contribution in [1.82, 2.24) is 14.1 Å². The molecule has 0 aliphatic rings. The zero-order valence-electron chi connectivity index (χ0n) is 48.6. The van der Waals surface area contributed by atoms with Gasteiger partial charge < -0.3 is 4.74 Å². The molecule has 5 nitrogen and oxygen atoms in total. The summed E-state index contributed by atoms with van der Waals surface area (Å²) in [6, 6.07) is 96.0. The van der Waals surface area contributed by atoms with Gasteiger partial charge in [-0.3, -0.25) is 13.7 Å². The Morgan fingerprint density at radius 2 is 1.00 bits per heavy atom. The van der Waals surface area contributed by atoms with Crippen LogP contribution in [-0.4, -0.2) is 30.3 Å². The van der Waals surface area contributed by atoms with Crippen LogP contribution in [0.3, 0.4) is 0 Å². The standard InChI is InChI=1S/C76H68N4OSi2/c1-75(2,3)55-45-46-77-73(50-55)80-68-40-22-21-39-65(68)66-44-43-59(52-71(66)80)81-58-29-26-28-57(51-58)78-53-79(70-42-24-23-41-69(70)78)74-67(48-56(76(4,5)6)49-72(74)82(7,8)60-30-13-9-14-31-60)54-27-25-38-64(47-54)83(61-32-15-10-16-33-61,62-34-17-11-18-35-62)63-36-19-12-20-37-63/h9-52H,1-8H3. The van der Waals surface area contributed by atoms with Crippen LogP contribution in [0.25, 0.3) is 61.2 Å². The van der Waals surface area contributed by atoms with Crippen LogP contribution in [0, 0.1) is 6.33 Å². The molecule has 0 unspecified atom stereocenters. The molecule has 0 aliphatic carbocycles. The van der Waals surface area contributed by atoms with E-state index in [0.29, 0.717) is 0 Å². The topological polar surface area (TPSA) is 35.9 Å². The highest BCUT2D eigenvalue weighted by Gasteiger charge is 2.42. The molecule has 0 fully saturated rings. The van der Waals surface area contributed by atoms with Crippen molar-refractivity contribution in [2.24, 2.45) is 0 Å². The summed E-state index contributed by atoms with van der Waals surface area (Å²) in [5.41, 5.74) is 11.0. The number of nitrogens with zero attached hydrogens (tertiary/aromatic N) is 4. The van der Waals surface area contributed by atoms with E-state index < -0.39 is 16.1 Å². The van der Waals surface area contributed by atoms with Gasteiger partial charge in [0, 0.05) is 23.0 Å². The van der Waals surface area contributed by atoms with Gasteiger partial charge in [0.1, 0.15) is 25.4 Å². The van der Waals surface area contributed by atoms with Crippen LogP contribution < -0.4 is 40.4 Å². The van der Waals surface area contributed by atoms with E-state index in [1.165, 1.54) is 58.8 Å². The lowest BCUT2D eigenvalue weighted by atomic mass is 9.84. The van der Waals surface area contributed by atoms with Gasteiger partial charge in [-0.05, 0) is 108 Å². The number of pyridine rings is 1. The highest BCUT2D eigenvalue weighted by atomic mass is 28.3. The average Bonchev–Trinajstić information content (AvgIpc) is 2.36. The number of hydrogen-bond acceptors (Lipinski definition) is 2. The molecule has 13 aromatic rings. The first kappa shape index (κ1) is 53.2. The van der Waals surface area contributed by atoms with Crippen LogP contribution >= 0.6 is 0 Å². The second-order valence-corrected chi connectivity index (χ2v) is 32.8. The number of aromatic nitrogens is 4. The van der Waals surface area contributed by atoms with Crippen molar-refractivity contribution in [2.75, 3.05) is 0 Å². The molecule has 0 radical (unpaired) electrons. The summed E-state index contributed by atoms with van der Waals surface area (Å²) >= 11 is 0. The van der Waals surface area contributed by atoms with E-state index in [-0.39, 0.29) is 10.8 Å². The number of rotatable bonds is 12. The van der Waals surface area contributed by atoms with Gasteiger partial charge in [-0.2, -0.15) is 0 Å². The first-order valence-corrected chi connectivity index (χ1v) is 33.9. The highest BCUT2D eigenvalue weighted by molar-refractivity contribution is 7.20. The molecular formula is C76H68N4OSi2. The van der Waals surface area contributed by atoms with Crippen molar-refractivity contribution in [1.29, 1.82) is 0 Å². The van der Waals surface area contributed by atoms with E-state index in [0.717, 1.165) is 56.1 Å². The van der Waals surface area contributed by atoms with Crippen molar-refractivity contribution in [3.63, 3.8) is 0 Å². The highest BCUT2D eigenvalue weighted by Crippen LogP contribution is 2.38. The summed E-state index contributed by atoms with van der Waals surface area (Å²) in [7, 11) is -5.42. The summed E-state index contributed by atoms with van der Waals surface area (Å²) in [6.07, 6.45) is 5.97. The fourth-order valence-electron chi connectivity index (χ4n) is 12.5. The molecule has 406 valence electrons. The molecule has 7 heteroatoms. The van der Waals surface area contributed by atoms with Gasteiger partial charge >= 0.3 is 0 Å². The van der Waals surface area contributed by atoms with E-state index in [9.17, 15) is 0 Å². The molecular weight excluding hydrogens is 1040 g/mol. The SMILES string of the molecule is CC(C)(C)c1ccnc(-n2c3ccccc3c3ccc(Oc4cccc(-n5[c-][n+](-c6c(-c7cccc([Si](c8ccccc8)(c8ccccc8)c8ccccc8)c7)cc(C(C)(C)C)cc6[Si](C)(C)c6ccccc6)c6ccccc65)c4)cc32)c1. The first-order chi connectivity index (χ1) is 40.2. The Morgan fingerprint density at radius 1 is 0.446 bits per heavy atom. The Balaban J connectivity index is 1.00. The quantitative estimate of drug-likeness (QED) is 0.0529. The van der Waals surface area contributed by atoms with Gasteiger partial charge in [0.2, 0.25) is 0 Å². The van der Waals surface area contributed by atoms with Crippen LogP contribution in [0.5, 0.6) is 11.5 Å². The second-order valence-electron chi connectivity index (χ2n) is 24.6. The van der Waals surface area contributed by atoms with E-state index in [2.05, 4.69) is 329 Å². The van der Waals surface area contributed by atoms with Gasteiger partial charge in [-0.15, -0.1) is 0 Å². The van der Waals surface area contributed by atoms with Crippen LogP contribution in [0.4, 0.5) is 0 Å². The van der Waals surface area contributed by atoms with Crippen molar-refractivity contribution >= 4 is 80.1 Å². The smallest absolute Gasteiger partial charge is 0.269 e. The molecule has 3 aromatic heterocycles. The summed E-state index contributed by atoms with van der Waals surface area (Å²) in [4.78, 5) is 4.94. The minimum atomic E-state index is -2.91. The maximum atomic E-state index is 6.93. The molecule has 0 spiro atoms. The summed E-state index contributed by atoms with van der Waals surface area (Å²) in [6.45, 7) is 18.8. The Bertz CT molecular complexity index is 4420. The molecule has 0 N–H and O–H groups in total. The van der Waals surface area contributed by atoms with Gasteiger partial charge in [0.15, 0.2) is 8.07 Å². The zero-order valence-corrected chi connectivity index (χ0v) is 50.6. The third kappa shape index (κ3) is 9.53. The Kier molecular flexibility index (Phi) is 13.5. The van der Waals surface area contributed by atoms with E-state index in [4.69, 9.17) is 9.72 Å². The maximum absolute atomic E-state index is 6.93. The van der Waals surface area contributed by atoms with Crippen LogP contribution in [0.15, 0.2) is 267 Å². The number of hydrogen-bond donors (Lipinski definition) is 0. The maximum Gasteiger partial charge on any atom is 0.269 e. The fraction of sp³-hybridized carbons (Fsp3) is 0.132. The van der Waals surface area contributed by atoms with E-state index >= 15 is 0 Å². The molecule has 83 heavy (non-hydrogen) atoms. The number of benzene rings is 10. The lowest BCUT2D eigenvalue weighted by molar-refractivity contribution is -0.570. The first-order valence-electron chi connectivity index (χ1n) is 28.9. The molecule has 0 amide bonds. The van der Waals surface area contributed by atoms with E-state index in [1.807, 2.05) is 12.3 Å². The van der Waals surface area contributed by atoms with Gasteiger partial charge in [0.05, 0.1) is 33.4 Å². The number of fused-ring (bicyclic) bond motifs is 4. The monoisotopic (exact) mass is 1110 g/mol. The molecule has 10 aromatic carbocycles. The number of imidazole rings is 1. The number of para-hydroxylation sites is 3. The van der Waals surface area contributed by atoms with Crippen molar-refractivity contribution in [2.45, 2.75) is 65.5 Å². The molecule has 0 saturated heterocycles. The van der Waals surface area contributed by atoms with Crippen molar-refractivity contribution in [3.8, 4) is 39.8 Å².